The first-order valence-corrected chi connectivity index (χ1v) is 42.5. The molecule has 0 unspecified atom stereocenters. The number of hydrogen-bond donors (Lipinski definition) is 0. The van der Waals surface area contributed by atoms with Crippen molar-refractivity contribution >= 4 is 20.7 Å². The van der Waals surface area contributed by atoms with Gasteiger partial charge in [-0.2, -0.15) is 0 Å². The van der Waals surface area contributed by atoms with Crippen LogP contribution in [0.2, 0.25) is 0 Å². The zero-order valence-electron chi connectivity index (χ0n) is 76.9. The highest BCUT2D eigenvalue weighted by atomic mass is 32.2. The van der Waals surface area contributed by atoms with Crippen LogP contribution in [0.25, 0.3) is 10.9 Å². The summed E-state index contributed by atoms with van der Waals surface area (Å²) in [6, 6.07) is 30.3. The van der Waals surface area contributed by atoms with Gasteiger partial charge in [0.1, 0.15) is 0 Å². The molecule has 1 saturated carbocycles. The lowest BCUT2D eigenvalue weighted by molar-refractivity contribution is 0.418. The zero-order chi connectivity index (χ0) is 83.2. The predicted octanol–water partition coefficient (Wildman–Crippen LogP) is 30.2. The van der Waals surface area contributed by atoms with Crippen LogP contribution in [0.4, 0.5) is 0 Å². The van der Waals surface area contributed by atoms with Crippen molar-refractivity contribution < 1.29 is 8.42 Å². The molecule has 2 aliphatic heterocycles. The van der Waals surface area contributed by atoms with E-state index >= 15 is 0 Å². The van der Waals surface area contributed by atoms with Gasteiger partial charge in [-0.15, -0.1) is 5.10 Å². The van der Waals surface area contributed by atoms with Gasteiger partial charge in [-0.25, -0.2) is 13.4 Å². The molecule has 6 aromatic rings. The molecule has 2 fully saturated rings. The first-order chi connectivity index (χ1) is 48.5. The molecule has 608 valence electrons. The fourth-order valence-corrected chi connectivity index (χ4v) is 7.85. The number of sulfone groups is 1. The number of fused-ring (bicyclic) bond motifs is 2. The first kappa shape index (κ1) is 124. The third-order valence-corrected chi connectivity index (χ3v) is 11.9. The van der Waals surface area contributed by atoms with Crippen LogP contribution in [0, 0.1) is 48.3 Å². The first-order valence-electron chi connectivity index (χ1n) is 40.9. The molecule has 0 amide bonds. The highest BCUT2D eigenvalue weighted by Crippen LogP contribution is 2.23. The minimum atomic E-state index is -3.02. The Hall–Kier alpha value is -5.19. The summed E-state index contributed by atoms with van der Waals surface area (Å²) < 4.78 is 26.2. The van der Waals surface area contributed by atoms with Gasteiger partial charge < -0.3 is 9.47 Å². The summed E-state index contributed by atoms with van der Waals surface area (Å²) in [7, 11) is 3.08. The second-order valence-electron chi connectivity index (χ2n) is 28.5. The van der Waals surface area contributed by atoms with Crippen LogP contribution in [0.1, 0.15) is 338 Å². The van der Waals surface area contributed by atoms with Crippen molar-refractivity contribution in [2.24, 2.45) is 55.5 Å². The quantitative estimate of drug-likeness (QED) is 0.149. The van der Waals surface area contributed by atoms with E-state index in [0.29, 0.717) is 11.8 Å². The van der Waals surface area contributed by atoms with E-state index < -0.39 is 9.84 Å². The number of nitrogens with zero attached hydrogens (tertiary/aromatic N) is 7. The van der Waals surface area contributed by atoms with Gasteiger partial charge >= 0.3 is 0 Å². The molecule has 6 heterocycles. The highest BCUT2D eigenvalue weighted by Gasteiger charge is 2.26. The summed E-state index contributed by atoms with van der Waals surface area (Å²) in [5.74, 6) is 6.05. The summed E-state index contributed by atoms with van der Waals surface area (Å²) in [5.41, 5.74) is 4.92. The van der Waals surface area contributed by atoms with Crippen molar-refractivity contribution in [1.82, 2.24) is 34.4 Å². The van der Waals surface area contributed by atoms with Crippen molar-refractivity contribution in [1.29, 1.82) is 0 Å². The van der Waals surface area contributed by atoms with Crippen molar-refractivity contribution in [3.63, 3.8) is 0 Å². The van der Waals surface area contributed by atoms with Crippen LogP contribution in [0.5, 0.6) is 0 Å². The van der Waals surface area contributed by atoms with Crippen LogP contribution in [-0.4, -0.2) is 68.7 Å². The number of aryl methyl sites for hydroxylation is 4. The molecule has 0 spiro atoms. The molecule has 2 aromatic carbocycles. The lowest BCUT2D eigenvalue weighted by Gasteiger charge is -2.18. The van der Waals surface area contributed by atoms with Gasteiger partial charge in [0.15, 0.2) is 14.9 Å². The number of para-hydroxylation sites is 1. The molecule has 1 saturated heterocycles. The van der Waals surface area contributed by atoms with Crippen LogP contribution in [0.15, 0.2) is 151 Å². The van der Waals surface area contributed by atoms with Gasteiger partial charge in [0, 0.05) is 44.4 Å². The molecule has 4 aliphatic rings. The van der Waals surface area contributed by atoms with Crippen LogP contribution in [-0.2, 0) is 35.8 Å². The summed E-state index contributed by atoms with van der Waals surface area (Å²) in [6.45, 7) is 84.8. The number of likely N-dealkylation sites (tertiary alicyclic amines) is 1. The van der Waals surface area contributed by atoms with Crippen LogP contribution in [0.3, 0.4) is 0 Å². The molecular weight excluding hydrogens is 1280 g/mol. The normalized spacial score (nSPS) is 11.9. The van der Waals surface area contributed by atoms with E-state index in [9.17, 15) is 8.42 Å². The molecule has 9 nitrogen and oxygen atoms in total. The molecule has 2 aliphatic carbocycles. The van der Waals surface area contributed by atoms with E-state index in [1.54, 1.807) is 29.3 Å². The van der Waals surface area contributed by atoms with Crippen molar-refractivity contribution in [3.05, 3.63) is 163 Å². The van der Waals surface area contributed by atoms with Crippen molar-refractivity contribution in [3.8, 4) is 0 Å². The molecule has 10 heteroatoms. The number of allylic oxidation sites excluding steroid dienone is 4. The molecule has 0 bridgehead atoms. The van der Waals surface area contributed by atoms with Gasteiger partial charge in [0.25, 0.3) is 0 Å². The average molecular weight is 1460 g/mol. The Kier molecular flexibility index (Phi) is 117. The Morgan fingerprint density at radius 2 is 0.777 bits per heavy atom. The fraction of sp³-hybridized carbons (Fsp3) is 0.677. The van der Waals surface area contributed by atoms with E-state index in [4.69, 9.17) is 0 Å². The SMILES string of the molecule is C1=CCC=C1.C1CCCCC1.CC.CC.CC.CC.CC.CC.CC.CC(C)(C)c1ccccc1.CC(C)C.CC(C)C.CC(C)C.CC(C)C.CC(C)C.CC(C)C.CC(C)C.CN1CCCC1.Cc1cnnn1C.Cn1ccc2ccccc21.O=S1(=O)CCc2cccnc21.c1ccncc1. The van der Waals surface area contributed by atoms with E-state index in [0.717, 1.165) is 59.1 Å². The molecule has 0 radical (unpaired) electrons. The molecule has 10 rings (SSSR count). The largest absolute Gasteiger partial charge is 0.351 e. The van der Waals surface area contributed by atoms with Gasteiger partial charge in [0.2, 0.25) is 0 Å². The van der Waals surface area contributed by atoms with Gasteiger partial charge in [-0.3, -0.25) is 9.67 Å². The van der Waals surface area contributed by atoms with Gasteiger partial charge in [0.05, 0.1) is 17.6 Å². The van der Waals surface area contributed by atoms with E-state index in [1.807, 2.05) is 135 Å². The topological polar surface area (TPSA) is 98.8 Å². The highest BCUT2D eigenvalue weighted by molar-refractivity contribution is 7.91. The van der Waals surface area contributed by atoms with Crippen molar-refractivity contribution in [2.75, 3.05) is 25.9 Å². The second kappa shape index (κ2) is 96.8. The maximum Gasteiger partial charge on any atom is 0.196 e. The molecular formula is C93H183N7O2S. The molecule has 103 heavy (non-hydrogen) atoms. The lowest BCUT2D eigenvalue weighted by atomic mass is 9.87. The van der Waals surface area contributed by atoms with Crippen molar-refractivity contribution in [2.45, 2.75) is 345 Å². The summed E-state index contributed by atoms with van der Waals surface area (Å²) in [5, 5.41) is 8.91. The standard InChI is InChI=1S/C10H14.C9H9N.C7H7NO2S.C6H12.C5H11N.C5H5N.C5H6.C4H7N3.7C4H10.7C2H6/c1-10(2,3)9-7-5-4-6-8-9;1-10-7-6-8-4-2-3-5-9(8)10;9-11(10)5-3-6-2-1-4-8-7(6)11;1-2-4-6-5-3-1;1-6-4-2-3-5-6;1-2-4-6-5-3-1;1-2-4-5-3-1;1-4-3-5-6-7(4)2;7*1-4(2)3;7*1-2/h4-8H,1-3H3;2-7H,1H3;1-2,4H,3,5H2;1-6H2;2-5H2,1H3;1-5H;1-4H,5H2;3H,1-2H3;7*4H,1-3H3;7*1-2H3. The minimum absolute atomic E-state index is 0.222. The van der Waals surface area contributed by atoms with E-state index in [-0.39, 0.29) is 10.8 Å². The van der Waals surface area contributed by atoms with Crippen LogP contribution < -0.4 is 0 Å². The Morgan fingerprint density at radius 3 is 1.01 bits per heavy atom. The third kappa shape index (κ3) is 118. The Bertz CT molecular complexity index is 2420. The third-order valence-electron chi connectivity index (χ3n) is 10.2. The number of rotatable bonds is 0. The Labute approximate surface area is 649 Å². The number of benzene rings is 2. The van der Waals surface area contributed by atoms with E-state index in [2.05, 4.69) is 301 Å². The predicted molar refractivity (Wildman–Crippen MR) is 478 cm³/mol. The summed E-state index contributed by atoms with van der Waals surface area (Å²) >= 11 is 0. The monoisotopic (exact) mass is 1460 g/mol. The molecule has 4 aromatic heterocycles. The van der Waals surface area contributed by atoms with E-state index in [1.165, 1.54) is 87.1 Å². The Balaban J connectivity index is -0.0000000862. The van der Waals surface area contributed by atoms with Crippen LogP contribution >= 0.6 is 0 Å². The number of pyridine rings is 2. The van der Waals surface area contributed by atoms with Gasteiger partial charge in [-0.1, -0.05) is 392 Å². The smallest absolute Gasteiger partial charge is 0.196 e. The fourth-order valence-electron chi connectivity index (χ4n) is 6.38. The summed E-state index contributed by atoms with van der Waals surface area (Å²) in [6.07, 6.45) is 30.8. The minimum Gasteiger partial charge on any atom is -0.351 e. The second-order valence-corrected chi connectivity index (χ2v) is 30.5. The molecule has 0 atom stereocenters. The lowest BCUT2D eigenvalue weighted by Crippen LogP contribution is -2.10. The average Bonchev–Trinajstić information content (AvgIpc) is 1.67. The zero-order valence-corrected chi connectivity index (χ0v) is 77.8. The number of aromatic nitrogens is 6. The summed E-state index contributed by atoms with van der Waals surface area (Å²) in [4.78, 5) is 9.97. The Morgan fingerprint density at radius 1 is 0.427 bits per heavy atom. The maximum absolute atomic E-state index is 11.2. The molecule has 0 N–H and O–H groups in total. The van der Waals surface area contributed by atoms with Gasteiger partial charge in [-0.05, 0) is 146 Å². The number of hydrogen-bond acceptors (Lipinski definition) is 7. The maximum atomic E-state index is 11.2.